The van der Waals surface area contributed by atoms with Crippen LogP contribution in [0.5, 0.6) is 5.75 Å². The molecule has 0 saturated carbocycles. The Hall–Kier alpha value is -2.93. The molecule has 0 aliphatic heterocycles. The van der Waals surface area contributed by atoms with Gasteiger partial charge in [-0.1, -0.05) is 39.2 Å². The number of ether oxygens (including phenoxy) is 1. The van der Waals surface area contributed by atoms with Gasteiger partial charge in [-0.25, -0.2) is 0 Å². The second-order valence-electron chi connectivity index (χ2n) is 7.18. The molecular formula is C24H31N3O3S. The van der Waals surface area contributed by atoms with Crippen LogP contribution >= 0.6 is 12.2 Å². The van der Waals surface area contributed by atoms with Crippen molar-refractivity contribution in [1.29, 1.82) is 0 Å². The van der Waals surface area contributed by atoms with Gasteiger partial charge in [0.25, 0.3) is 11.8 Å². The quantitative estimate of drug-likeness (QED) is 0.341. The largest absolute Gasteiger partial charge is 0.494 e. The van der Waals surface area contributed by atoms with Gasteiger partial charge in [0.05, 0.1) is 6.61 Å². The summed E-state index contributed by atoms with van der Waals surface area (Å²) in [5.74, 6) is 0.281. The highest BCUT2D eigenvalue weighted by atomic mass is 32.1. The van der Waals surface area contributed by atoms with E-state index in [1.165, 1.54) is 12.8 Å². The molecule has 0 bridgehead atoms. The number of amides is 2. The molecule has 0 spiro atoms. The first-order chi connectivity index (χ1) is 15.0. The molecule has 2 amide bonds. The van der Waals surface area contributed by atoms with Crippen LogP contribution in [0.2, 0.25) is 0 Å². The van der Waals surface area contributed by atoms with Gasteiger partial charge >= 0.3 is 0 Å². The number of nitrogens with one attached hydrogen (secondary N) is 3. The fourth-order valence-electron chi connectivity index (χ4n) is 2.84. The van der Waals surface area contributed by atoms with Crippen LogP contribution in [-0.2, 0) is 0 Å². The summed E-state index contributed by atoms with van der Waals surface area (Å²) >= 11 is 5.24. The van der Waals surface area contributed by atoms with Crippen molar-refractivity contribution in [2.75, 3.05) is 18.5 Å². The van der Waals surface area contributed by atoms with E-state index < -0.39 is 0 Å². The van der Waals surface area contributed by atoms with E-state index in [2.05, 4.69) is 22.9 Å². The molecule has 2 rings (SSSR count). The SMILES string of the molecule is CCCCCCOc1ccc(C(=O)NC(=S)Nc2cccc(C(=O)NCCC)c2)cc1. The van der Waals surface area contributed by atoms with Crippen molar-refractivity contribution in [1.82, 2.24) is 10.6 Å². The topological polar surface area (TPSA) is 79.5 Å². The summed E-state index contributed by atoms with van der Waals surface area (Å²) in [6.07, 6.45) is 5.46. The van der Waals surface area contributed by atoms with Gasteiger partial charge in [0, 0.05) is 23.4 Å². The third kappa shape index (κ3) is 8.76. The number of unbranched alkanes of at least 4 members (excludes halogenated alkanes) is 3. The third-order valence-electron chi connectivity index (χ3n) is 4.53. The molecular weight excluding hydrogens is 410 g/mol. The summed E-state index contributed by atoms with van der Waals surface area (Å²) in [6, 6.07) is 13.9. The monoisotopic (exact) mass is 441 g/mol. The maximum Gasteiger partial charge on any atom is 0.257 e. The van der Waals surface area contributed by atoms with Crippen LogP contribution in [0.4, 0.5) is 5.69 Å². The number of hydrogen-bond acceptors (Lipinski definition) is 4. The van der Waals surface area contributed by atoms with Gasteiger partial charge in [0.15, 0.2) is 5.11 Å². The molecule has 2 aromatic rings. The zero-order chi connectivity index (χ0) is 22.5. The van der Waals surface area contributed by atoms with Crippen LogP contribution in [0.15, 0.2) is 48.5 Å². The predicted molar refractivity (Wildman–Crippen MR) is 129 cm³/mol. The van der Waals surface area contributed by atoms with Crippen LogP contribution in [-0.4, -0.2) is 30.1 Å². The lowest BCUT2D eigenvalue weighted by atomic mass is 10.2. The molecule has 0 unspecified atom stereocenters. The fourth-order valence-corrected chi connectivity index (χ4v) is 3.05. The summed E-state index contributed by atoms with van der Waals surface area (Å²) in [5, 5.41) is 8.59. The third-order valence-corrected chi connectivity index (χ3v) is 4.73. The van der Waals surface area contributed by atoms with E-state index in [9.17, 15) is 9.59 Å². The van der Waals surface area contributed by atoms with Crippen molar-refractivity contribution in [3.63, 3.8) is 0 Å². The van der Waals surface area contributed by atoms with Crippen molar-refractivity contribution in [3.05, 3.63) is 59.7 Å². The number of hydrogen-bond donors (Lipinski definition) is 3. The van der Waals surface area contributed by atoms with Crippen molar-refractivity contribution in [2.24, 2.45) is 0 Å². The minimum atomic E-state index is -0.316. The Morgan fingerprint density at radius 1 is 0.903 bits per heavy atom. The highest BCUT2D eigenvalue weighted by Crippen LogP contribution is 2.14. The van der Waals surface area contributed by atoms with E-state index in [4.69, 9.17) is 17.0 Å². The minimum absolute atomic E-state index is 0.145. The van der Waals surface area contributed by atoms with Gasteiger partial charge in [0.2, 0.25) is 0 Å². The lowest BCUT2D eigenvalue weighted by molar-refractivity contribution is 0.0951. The molecule has 0 atom stereocenters. The second-order valence-corrected chi connectivity index (χ2v) is 7.59. The summed E-state index contributed by atoms with van der Waals surface area (Å²) in [4.78, 5) is 24.5. The smallest absolute Gasteiger partial charge is 0.257 e. The lowest BCUT2D eigenvalue weighted by Gasteiger charge is -2.11. The first-order valence-corrected chi connectivity index (χ1v) is 11.2. The molecule has 0 aromatic heterocycles. The summed E-state index contributed by atoms with van der Waals surface area (Å²) in [6.45, 7) is 5.47. The van der Waals surface area contributed by atoms with Gasteiger partial charge < -0.3 is 15.4 Å². The molecule has 0 fully saturated rings. The first-order valence-electron chi connectivity index (χ1n) is 10.8. The highest BCUT2D eigenvalue weighted by molar-refractivity contribution is 7.80. The Morgan fingerprint density at radius 3 is 2.39 bits per heavy atom. The Morgan fingerprint density at radius 2 is 1.68 bits per heavy atom. The van der Waals surface area contributed by atoms with E-state index in [-0.39, 0.29) is 16.9 Å². The number of rotatable bonds is 11. The van der Waals surface area contributed by atoms with Crippen molar-refractivity contribution in [3.8, 4) is 5.75 Å². The van der Waals surface area contributed by atoms with Crippen LogP contribution in [0.3, 0.4) is 0 Å². The normalized spacial score (nSPS) is 10.3. The number of anilines is 1. The van der Waals surface area contributed by atoms with Gasteiger partial charge in [-0.05, 0) is 67.5 Å². The zero-order valence-electron chi connectivity index (χ0n) is 18.2. The molecule has 0 heterocycles. The fraction of sp³-hybridized carbons (Fsp3) is 0.375. The zero-order valence-corrected chi connectivity index (χ0v) is 19.0. The molecule has 7 heteroatoms. The van der Waals surface area contributed by atoms with Crippen LogP contribution in [0, 0.1) is 0 Å². The second kappa shape index (κ2) is 13.4. The number of carbonyl (C=O) groups is 2. The van der Waals surface area contributed by atoms with Gasteiger partial charge in [0.1, 0.15) is 5.75 Å². The summed E-state index contributed by atoms with van der Waals surface area (Å²) in [7, 11) is 0. The van der Waals surface area contributed by atoms with E-state index >= 15 is 0 Å². The maximum absolute atomic E-state index is 12.4. The summed E-state index contributed by atoms with van der Waals surface area (Å²) < 4.78 is 5.70. The predicted octanol–water partition coefficient (Wildman–Crippen LogP) is 4.91. The molecule has 0 saturated heterocycles. The number of carbonyl (C=O) groups excluding carboxylic acids is 2. The van der Waals surface area contributed by atoms with Gasteiger partial charge in [-0.2, -0.15) is 0 Å². The number of benzene rings is 2. The number of thiocarbonyl (C=S) groups is 1. The van der Waals surface area contributed by atoms with Gasteiger partial charge in [-0.15, -0.1) is 0 Å². The maximum atomic E-state index is 12.4. The van der Waals surface area contributed by atoms with Crippen molar-refractivity contribution in [2.45, 2.75) is 46.0 Å². The van der Waals surface area contributed by atoms with E-state index in [0.29, 0.717) is 30.0 Å². The first kappa shape index (κ1) is 24.3. The Balaban J connectivity index is 1.84. The molecule has 6 nitrogen and oxygen atoms in total. The van der Waals surface area contributed by atoms with Gasteiger partial charge in [-0.3, -0.25) is 14.9 Å². The van der Waals surface area contributed by atoms with E-state index in [0.717, 1.165) is 25.0 Å². The Labute approximate surface area is 189 Å². The highest BCUT2D eigenvalue weighted by Gasteiger charge is 2.10. The Bertz CT molecular complexity index is 869. The lowest BCUT2D eigenvalue weighted by Crippen LogP contribution is -2.34. The van der Waals surface area contributed by atoms with Crippen molar-refractivity contribution < 1.29 is 14.3 Å². The molecule has 0 aliphatic rings. The van der Waals surface area contributed by atoms with Crippen LogP contribution in [0.1, 0.15) is 66.7 Å². The van der Waals surface area contributed by atoms with E-state index in [1.54, 1.807) is 48.5 Å². The van der Waals surface area contributed by atoms with E-state index in [1.807, 2.05) is 6.92 Å². The average Bonchev–Trinajstić information content (AvgIpc) is 2.77. The average molecular weight is 442 g/mol. The molecule has 3 N–H and O–H groups in total. The molecule has 2 aromatic carbocycles. The van der Waals surface area contributed by atoms with Crippen LogP contribution in [0.25, 0.3) is 0 Å². The summed E-state index contributed by atoms with van der Waals surface area (Å²) in [5.41, 5.74) is 1.63. The minimum Gasteiger partial charge on any atom is -0.494 e. The molecule has 31 heavy (non-hydrogen) atoms. The van der Waals surface area contributed by atoms with Crippen LogP contribution < -0.4 is 20.7 Å². The molecule has 0 radical (unpaired) electrons. The standard InChI is InChI=1S/C24H31N3O3S/c1-3-5-6-7-16-30-21-13-11-18(12-14-21)23(29)27-24(31)26-20-10-8-9-19(17-20)22(28)25-15-4-2/h8-14,17H,3-7,15-16H2,1-2H3,(H,25,28)(H2,26,27,29,31). The Kier molecular flexibility index (Phi) is 10.5. The van der Waals surface area contributed by atoms with Crippen molar-refractivity contribution >= 4 is 34.8 Å². The molecule has 166 valence electrons. The molecule has 0 aliphatic carbocycles.